The van der Waals surface area contributed by atoms with Gasteiger partial charge in [-0.25, -0.2) is 9.36 Å². The van der Waals surface area contributed by atoms with Gasteiger partial charge in [0.1, 0.15) is 0 Å². The van der Waals surface area contributed by atoms with Gasteiger partial charge < -0.3 is 10.1 Å². The molecule has 5 nitrogen and oxygen atoms in total. The molecule has 0 aromatic carbocycles. The predicted molar refractivity (Wildman–Crippen MR) is 47.5 cm³/mol. The number of imidazole rings is 1. The Morgan fingerprint density at radius 1 is 1.46 bits per heavy atom. The lowest BCUT2D eigenvalue weighted by molar-refractivity contribution is 0.249. The molecular weight excluding hydrogens is 170 g/mol. The van der Waals surface area contributed by atoms with Crippen molar-refractivity contribution in [1.82, 2.24) is 14.5 Å². The maximum absolute atomic E-state index is 11.1. The molecule has 0 bridgehead atoms. The first-order valence-electron chi connectivity index (χ1n) is 4.47. The van der Waals surface area contributed by atoms with Crippen molar-refractivity contribution in [3.05, 3.63) is 16.7 Å². The largest absolute Gasteiger partial charge is 0.493 e. The van der Waals surface area contributed by atoms with Crippen LogP contribution in [-0.2, 0) is 6.67 Å². The maximum Gasteiger partial charge on any atom is 0.329 e. The SMILES string of the molecule is O=c1[nH]cc(O)n1CN1CCCC1. The van der Waals surface area contributed by atoms with Crippen LogP contribution in [0.4, 0.5) is 0 Å². The summed E-state index contributed by atoms with van der Waals surface area (Å²) in [6.07, 6.45) is 3.68. The number of rotatable bonds is 2. The second-order valence-electron chi connectivity index (χ2n) is 3.35. The summed E-state index contributed by atoms with van der Waals surface area (Å²) in [6.45, 7) is 2.52. The van der Waals surface area contributed by atoms with Crippen molar-refractivity contribution in [2.24, 2.45) is 0 Å². The van der Waals surface area contributed by atoms with Gasteiger partial charge >= 0.3 is 5.69 Å². The Morgan fingerprint density at radius 3 is 2.69 bits per heavy atom. The van der Waals surface area contributed by atoms with Crippen LogP contribution in [0.5, 0.6) is 5.88 Å². The molecule has 72 valence electrons. The Bertz CT molecular complexity index is 335. The zero-order valence-electron chi connectivity index (χ0n) is 7.36. The van der Waals surface area contributed by atoms with Crippen LogP contribution in [0, 0.1) is 0 Å². The Morgan fingerprint density at radius 2 is 2.15 bits per heavy atom. The lowest BCUT2D eigenvalue weighted by Crippen LogP contribution is -2.28. The first-order chi connectivity index (χ1) is 6.27. The standard InChI is InChI=1S/C8H13N3O2/c12-7-5-9-8(13)11(7)6-10-3-1-2-4-10/h5,12H,1-4,6H2,(H,9,13). The summed E-state index contributed by atoms with van der Waals surface area (Å²) in [7, 11) is 0. The van der Waals surface area contributed by atoms with Gasteiger partial charge in [-0.1, -0.05) is 0 Å². The quantitative estimate of drug-likeness (QED) is 0.675. The van der Waals surface area contributed by atoms with Crippen LogP contribution in [-0.4, -0.2) is 32.6 Å². The number of aromatic hydroxyl groups is 1. The number of nitrogens with zero attached hydrogens (tertiary/aromatic N) is 2. The van der Waals surface area contributed by atoms with Gasteiger partial charge in [0, 0.05) is 0 Å². The maximum atomic E-state index is 11.1. The molecule has 13 heavy (non-hydrogen) atoms. The van der Waals surface area contributed by atoms with Gasteiger partial charge in [-0.05, 0) is 25.9 Å². The van der Waals surface area contributed by atoms with E-state index in [-0.39, 0.29) is 11.6 Å². The molecule has 1 aliphatic heterocycles. The van der Waals surface area contributed by atoms with Crippen molar-refractivity contribution in [2.45, 2.75) is 19.5 Å². The van der Waals surface area contributed by atoms with Crippen LogP contribution in [0.1, 0.15) is 12.8 Å². The van der Waals surface area contributed by atoms with Crippen molar-refractivity contribution in [1.29, 1.82) is 0 Å². The topological polar surface area (TPSA) is 61.3 Å². The van der Waals surface area contributed by atoms with Crippen LogP contribution < -0.4 is 5.69 Å². The van der Waals surface area contributed by atoms with Crippen molar-refractivity contribution < 1.29 is 5.11 Å². The number of aromatic amines is 1. The second kappa shape index (κ2) is 3.26. The first-order valence-corrected chi connectivity index (χ1v) is 4.47. The highest BCUT2D eigenvalue weighted by molar-refractivity contribution is 5.02. The minimum absolute atomic E-state index is 0.0110. The summed E-state index contributed by atoms with van der Waals surface area (Å²) >= 11 is 0. The Labute approximate surface area is 75.6 Å². The van der Waals surface area contributed by atoms with E-state index in [0.717, 1.165) is 13.1 Å². The monoisotopic (exact) mass is 183 g/mol. The fourth-order valence-corrected chi connectivity index (χ4v) is 1.65. The van der Waals surface area contributed by atoms with Gasteiger partial charge in [-0.3, -0.25) is 4.90 Å². The van der Waals surface area contributed by atoms with E-state index < -0.39 is 0 Å². The Balaban J connectivity index is 2.12. The number of nitrogens with one attached hydrogen (secondary N) is 1. The molecule has 0 aliphatic carbocycles. The molecule has 1 aromatic heterocycles. The summed E-state index contributed by atoms with van der Waals surface area (Å²) in [5.74, 6) is 0.0110. The molecule has 1 fully saturated rings. The molecule has 5 heteroatoms. The Hall–Kier alpha value is -1.23. The average Bonchev–Trinajstić information content (AvgIpc) is 2.70. The number of aromatic nitrogens is 2. The molecular formula is C8H13N3O2. The smallest absolute Gasteiger partial charge is 0.329 e. The predicted octanol–water partition coefficient (Wildman–Crippen LogP) is -0.0647. The van der Waals surface area contributed by atoms with Gasteiger partial charge in [0.2, 0.25) is 5.88 Å². The Kier molecular flexibility index (Phi) is 2.10. The summed E-state index contributed by atoms with van der Waals surface area (Å²) in [5.41, 5.74) is -0.246. The third kappa shape index (κ3) is 1.60. The number of H-pyrrole nitrogens is 1. The summed E-state index contributed by atoms with van der Waals surface area (Å²) in [4.78, 5) is 15.7. The summed E-state index contributed by atoms with van der Waals surface area (Å²) in [5, 5.41) is 9.30. The molecule has 0 amide bonds. The van der Waals surface area contributed by atoms with E-state index in [1.165, 1.54) is 23.6 Å². The van der Waals surface area contributed by atoms with Crippen LogP contribution >= 0.6 is 0 Å². The molecule has 1 aliphatic rings. The highest BCUT2D eigenvalue weighted by atomic mass is 16.3. The van der Waals surface area contributed by atoms with Crippen molar-refractivity contribution >= 4 is 0 Å². The lowest BCUT2D eigenvalue weighted by atomic mass is 10.4. The van der Waals surface area contributed by atoms with E-state index >= 15 is 0 Å². The molecule has 0 unspecified atom stereocenters. The van der Waals surface area contributed by atoms with E-state index in [2.05, 4.69) is 9.88 Å². The normalized spacial score (nSPS) is 18.2. The van der Waals surface area contributed by atoms with Gasteiger partial charge in [0.15, 0.2) is 0 Å². The molecule has 0 spiro atoms. The van der Waals surface area contributed by atoms with Crippen molar-refractivity contribution in [3.8, 4) is 5.88 Å². The number of likely N-dealkylation sites (tertiary alicyclic amines) is 1. The van der Waals surface area contributed by atoms with E-state index in [4.69, 9.17) is 0 Å². The van der Waals surface area contributed by atoms with Gasteiger partial charge in [-0.2, -0.15) is 0 Å². The summed E-state index contributed by atoms with van der Waals surface area (Å²) < 4.78 is 1.34. The average molecular weight is 183 g/mol. The fraction of sp³-hybridized carbons (Fsp3) is 0.625. The van der Waals surface area contributed by atoms with E-state index in [9.17, 15) is 9.90 Å². The second-order valence-corrected chi connectivity index (χ2v) is 3.35. The van der Waals surface area contributed by atoms with Crippen LogP contribution in [0.2, 0.25) is 0 Å². The molecule has 0 atom stereocenters. The van der Waals surface area contributed by atoms with E-state index in [1.54, 1.807) is 0 Å². The highest BCUT2D eigenvalue weighted by Gasteiger charge is 2.14. The van der Waals surface area contributed by atoms with Crippen molar-refractivity contribution in [2.75, 3.05) is 13.1 Å². The fourth-order valence-electron chi connectivity index (χ4n) is 1.65. The van der Waals surface area contributed by atoms with Crippen LogP contribution in [0.15, 0.2) is 11.0 Å². The van der Waals surface area contributed by atoms with Crippen LogP contribution in [0.3, 0.4) is 0 Å². The summed E-state index contributed by atoms with van der Waals surface area (Å²) in [6, 6.07) is 0. The zero-order valence-corrected chi connectivity index (χ0v) is 7.36. The van der Waals surface area contributed by atoms with E-state index in [1.807, 2.05) is 0 Å². The van der Waals surface area contributed by atoms with Crippen LogP contribution in [0.25, 0.3) is 0 Å². The number of hydrogen-bond donors (Lipinski definition) is 2. The molecule has 2 rings (SSSR count). The minimum Gasteiger partial charge on any atom is -0.493 e. The lowest BCUT2D eigenvalue weighted by Gasteiger charge is -2.14. The molecule has 2 heterocycles. The van der Waals surface area contributed by atoms with Gasteiger partial charge in [0.25, 0.3) is 0 Å². The highest BCUT2D eigenvalue weighted by Crippen LogP contribution is 2.10. The molecule has 1 saturated heterocycles. The first kappa shape index (κ1) is 8.37. The minimum atomic E-state index is -0.246. The molecule has 2 N–H and O–H groups in total. The van der Waals surface area contributed by atoms with Gasteiger partial charge in [0.05, 0.1) is 12.9 Å². The third-order valence-corrected chi connectivity index (χ3v) is 2.39. The van der Waals surface area contributed by atoms with E-state index in [0.29, 0.717) is 6.67 Å². The zero-order chi connectivity index (χ0) is 9.26. The molecule has 0 saturated carbocycles. The van der Waals surface area contributed by atoms with Gasteiger partial charge in [-0.15, -0.1) is 0 Å². The third-order valence-electron chi connectivity index (χ3n) is 2.39. The van der Waals surface area contributed by atoms with Crippen molar-refractivity contribution in [3.63, 3.8) is 0 Å². The molecule has 1 aromatic rings. The molecule has 0 radical (unpaired) electrons. The number of hydrogen-bond acceptors (Lipinski definition) is 3.